The van der Waals surface area contributed by atoms with Crippen LogP contribution in [0, 0.1) is 12.7 Å². The van der Waals surface area contributed by atoms with E-state index in [-0.39, 0.29) is 46.6 Å². The molecule has 36 heavy (non-hydrogen) atoms. The molecule has 0 saturated heterocycles. The van der Waals surface area contributed by atoms with Crippen LogP contribution >= 0.6 is 11.8 Å². The van der Waals surface area contributed by atoms with Crippen molar-refractivity contribution < 1.29 is 14.0 Å². The Kier molecular flexibility index (Phi) is 6.41. The number of halogens is 1. The monoisotopic (exact) mass is 506 g/mol. The molecule has 1 N–H and O–H groups in total. The molecule has 3 aromatic rings. The van der Waals surface area contributed by atoms with Gasteiger partial charge in [0.2, 0.25) is 11.8 Å². The molecule has 2 heterocycles. The summed E-state index contributed by atoms with van der Waals surface area (Å²) in [5.74, 6) is 0.0833. The lowest BCUT2D eigenvalue weighted by molar-refractivity contribution is -0.123. The van der Waals surface area contributed by atoms with Crippen LogP contribution in [-0.2, 0) is 15.0 Å². The quantitative estimate of drug-likeness (QED) is 0.525. The van der Waals surface area contributed by atoms with Crippen molar-refractivity contribution >= 4 is 29.4 Å². The minimum absolute atomic E-state index is 0.0835. The van der Waals surface area contributed by atoms with Crippen molar-refractivity contribution in [2.75, 3.05) is 17.2 Å². The van der Waals surface area contributed by atoms with E-state index in [4.69, 9.17) is 5.10 Å². The Bertz CT molecular complexity index is 1330. The second-order valence-electron chi connectivity index (χ2n) is 10.7. The molecular weight excluding hydrogens is 475 g/mol. The predicted octanol–water partition coefficient (Wildman–Crippen LogP) is 5.07. The molecule has 0 bridgehead atoms. The molecule has 0 spiro atoms. The number of thioether (sulfide) groups is 1. The van der Waals surface area contributed by atoms with Gasteiger partial charge in [0.05, 0.1) is 22.4 Å². The van der Waals surface area contributed by atoms with Crippen LogP contribution in [0.25, 0.3) is 5.69 Å². The molecule has 5 rings (SSSR count). The fourth-order valence-corrected chi connectivity index (χ4v) is 5.78. The Morgan fingerprint density at radius 1 is 1.17 bits per heavy atom. The van der Waals surface area contributed by atoms with Crippen LogP contribution in [0.5, 0.6) is 0 Å². The zero-order chi connectivity index (χ0) is 25.6. The smallest absolute Gasteiger partial charge is 0.240 e. The molecule has 1 saturated carbocycles. The van der Waals surface area contributed by atoms with Crippen molar-refractivity contribution in [1.29, 1.82) is 0 Å². The summed E-state index contributed by atoms with van der Waals surface area (Å²) in [7, 11) is 0. The lowest BCUT2D eigenvalue weighted by Crippen LogP contribution is -2.43. The van der Waals surface area contributed by atoms with Gasteiger partial charge in [-0.1, -0.05) is 45.0 Å². The zero-order valence-electron chi connectivity index (χ0n) is 21.0. The summed E-state index contributed by atoms with van der Waals surface area (Å²) in [6.45, 7) is 8.18. The highest BCUT2D eigenvalue weighted by atomic mass is 32.2. The van der Waals surface area contributed by atoms with Crippen LogP contribution in [0.3, 0.4) is 0 Å². The van der Waals surface area contributed by atoms with E-state index in [0.717, 1.165) is 40.9 Å². The van der Waals surface area contributed by atoms with E-state index in [0.29, 0.717) is 5.82 Å². The van der Waals surface area contributed by atoms with Gasteiger partial charge < -0.3 is 5.32 Å². The number of benzene rings is 2. The van der Waals surface area contributed by atoms with Gasteiger partial charge in [-0.05, 0) is 55.2 Å². The molecule has 1 aliphatic heterocycles. The third-order valence-electron chi connectivity index (χ3n) is 6.44. The van der Waals surface area contributed by atoms with Crippen LogP contribution in [0.4, 0.5) is 10.2 Å². The van der Waals surface area contributed by atoms with E-state index in [1.165, 1.54) is 23.9 Å². The Labute approximate surface area is 215 Å². The van der Waals surface area contributed by atoms with Gasteiger partial charge in [-0.15, -0.1) is 11.8 Å². The number of rotatable bonds is 5. The summed E-state index contributed by atoms with van der Waals surface area (Å²) < 4.78 is 16.1. The molecule has 0 radical (unpaired) electrons. The number of amides is 2. The van der Waals surface area contributed by atoms with Gasteiger partial charge in [-0.25, -0.2) is 9.07 Å². The Balaban J connectivity index is 1.75. The molecule has 1 unspecified atom stereocenters. The van der Waals surface area contributed by atoms with Crippen LogP contribution in [-0.4, -0.2) is 39.9 Å². The minimum atomic E-state index is -0.360. The maximum atomic E-state index is 14.3. The second-order valence-corrected chi connectivity index (χ2v) is 11.7. The van der Waals surface area contributed by atoms with E-state index < -0.39 is 0 Å². The SMILES string of the molecule is Cc1cccc(-n2nc(C(C)(C)C)c3c2N(CC(=O)NC2CC2)C(=O)CSC3c2cccc(F)c2)c1. The summed E-state index contributed by atoms with van der Waals surface area (Å²) in [6, 6.07) is 14.7. The summed E-state index contributed by atoms with van der Waals surface area (Å²) in [6.07, 6.45) is 1.94. The molecule has 2 aromatic carbocycles. The Hall–Kier alpha value is -3.13. The van der Waals surface area contributed by atoms with E-state index in [1.54, 1.807) is 15.6 Å². The first-order valence-electron chi connectivity index (χ1n) is 12.3. The number of nitrogens with one attached hydrogen (secondary N) is 1. The molecule has 2 amide bonds. The maximum Gasteiger partial charge on any atom is 0.240 e. The van der Waals surface area contributed by atoms with Crippen molar-refractivity contribution in [1.82, 2.24) is 15.1 Å². The molecular formula is C28H31FN4O2S. The topological polar surface area (TPSA) is 67.2 Å². The second kappa shape index (κ2) is 9.39. The number of aromatic nitrogens is 2. The third-order valence-corrected chi connectivity index (χ3v) is 7.70. The average Bonchev–Trinajstić information content (AvgIpc) is 3.55. The zero-order valence-corrected chi connectivity index (χ0v) is 21.9. The number of hydrogen-bond acceptors (Lipinski definition) is 4. The first-order valence-corrected chi connectivity index (χ1v) is 13.3. The molecule has 1 aromatic heterocycles. The normalized spacial score (nSPS) is 18.1. The highest BCUT2D eigenvalue weighted by molar-refractivity contribution is 8.00. The van der Waals surface area contributed by atoms with Crippen molar-refractivity contribution in [2.45, 2.75) is 57.2 Å². The number of aryl methyl sites for hydroxylation is 1. The van der Waals surface area contributed by atoms with Crippen LogP contribution in [0.1, 0.15) is 61.2 Å². The maximum absolute atomic E-state index is 14.3. The summed E-state index contributed by atoms with van der Waals surface area (Å²) in [5, 5.41) is 7.76. The highest BCUT2D eigenvalue weighted by Crippen LogP contribution is 2.48. The van der Waals surface area contributed by atoms with Gasteiger partial charge in [0.1, 0.15) is 18.2 Å². The van der Waals surface area contributed by atoms with Crippen LogP contribution < -0.4 is 10.2 Å². The molecule has 188 valence electrons. The van der Waals surface area contributed by atoms with Crippen LogP contribution in [0.15, 0.2) is 48.5 Å². The Morgan fingerprint density at radius 2 is 1.92 bits per heavy atom. The van der Waals surface area contributed by atoms with E-state index in [1.807, 2.05) is 37.3 Å². The molecule has 8 heteroatoms. The molecule has 1 fully saturated rings. The van der Waals surface area contributed by atoms with Gasteiger partial charge in [0.25, 0.3) is 0 Å². The number of anilines is 1. The summed E-state index contributed by atoms with van der Waals surface area (Å²) >= 11 is 1.45. The number of carbonyl (C=O) groups excluding carboxylic acids is 2. The lowest BCUT2D eigenvalue weighted by atomic mass is 9.87. The van der Waals surface area contributed by atoms with Crippen molar-refractivity contribution in [3.05, 3.63) is 76.7 Å². The van der Waals surface area contributed by atoms with Gasteiger partial charge in [0, 0.05) is 17.0 Å². The highest BCUT2D eigenvalue weighted by Gasteiger charge is 2.40. The van der Waals surface area contributed by atoms with Gasteiger partial charge in [-0.2, -0.15) is 5.10 Å². The number of carbonyl (C=O) groups is 2. The molecule has 2 aliphatic rings. The van der Waals surface area contributed by atoms with Crippen LogP contribution in [0.2, 0.25) is 0 Å². The summed E-state index contributed by atoms with van der Waals surface area (Å²) in [4.78, 5) is 28.1. The lowest BCUT2D eigenvalue weighted by Gasteiger charge is -2.24. The van der Waals surface area contributed by atoms with Crippen molar-refractivity contribution in [3.8, 4) is 5.69 Å². The number of nitrogens with zero attached hydrogens (tertiary/aromatic N) is 3. The number of hydrogen-bond donors (Lipinski definition) is 1. The van der Waals surface area contributed by atoms with Crippen molar-refractivity contribution in [2.24, 2.45) is 0 Å². The summed E-state index contributed by atoms with van der Waals surface area (Å²) in [5.41, 5.74) is 3.95. The standard InChI is InChI=1S/C28H31FN4O2S/c1-17-7-5-10-21(13-17)33-27-24(26(31-33)28(2,3)4)25(18-8-6-9-19(29)14-18)36-16-23(35)32(27)15-22(34)30-20-11-12-20/h5-10,13-14,20,25H,11-12,15-16H2,1-4H3,(H,30,34). The van der Waals surface area contributed by atoms with E-state index >= 15 is 0 Å². The first kappa shape index (κ1) is 24.6. The van der Waals surface area contributed by atoms with E-state index in [2.05, 4.69) is 26.1 Å². The predicted molar refractivity (Wildman–Crippen MR) is 141 cm³/mol. The molecule has 1 aliphatic carbocycles. The van der Waals surface area contributed by atoms with Gasteiger partial charge >= 0.3 is 0 Å². The van der Waals surface area contributed by atoms with Crippen molar-refractivity contribution in [3.63, 3.8) is 0 Å². The third kappa shape index (κ3) is 4.91. The number of fused-ring (bicyclic) bond motifs is 1. The fourth-order valence-electron chi connectivity index (χ4n) is 4.59. The first-order chi connectivity index (χ1) is 17.1. The average molecular weight is 507 g/mol. The fraction of sp³-hybridized carbons (Fsp3) is 0.393. The largest absolute Gasteiger partial charge is 0.352 e. The minimum Gasteiger partial charge on any atom is -0.352 e. The molecule has 1 atom stereocenters. The molecule has 6 nitrogen and oxygen atoms in total. The van der Waals surface area contributed by atoms with Gasteiger partial charge in [-0.3, -0.25) is 14.5 Å². The Morgan fingerprint density at radius 3 is 2.58 bits per heavy atom. The van der Waals surface area contributed by atoms with E-state index in [9.17, 15) is 14.0 Å². The van der Waals surface area contributed by atoms with Gasteiger partial charge in [0.15, 0.2) is 0 Å².